The molecule has 170 valence electrons. The van der Waals surface area contributed by atoms with Crippen LogP contribution in [0.25, 0.3) is 0 Å². The van der Waals surface area contributed by atoms with Crippen LogP contribution in [0, 0.1) is 11.7 Å². The van der Waals surface area contributed by atoms with E-state index in [0.717, 1.165) is 29.8 Å². The molecule has 0 fully saturated rings. The van der Waals surface area contributed by atoms with Crippen LogP contribution < -0.4 is 20.2 Å². The minimum atomic E-state index is -0.296. The van der Waals surface area contributed by atoms with E-state index in [2.05, 4.69) is 27.9 Å². The monoisotopic (exact) mass is 475 g/mol. The smallest absolute Gasteiger partial charge is 0.262 e. The van der Waals surface area contributed by atoms with Gasteiger partial charge in [0.15, 0.2) is 23.9 Å². The summed E-state index contributed by atoms with van der Waals surface area (Å²) in [7, 11) is 1.52. The van der Waals surface area contributed by atoms with Crippen LogP contribution in [0.15, 0.2) is 36.4 Å². The normalized spacial score (nSPS) is 10.6. The fourth-order valence-electron chi connectivity index (χ4n) is 3.04. The lowest BCUT2D eigenvalue weighted by Gasteiger charge is -2.15. The number of hydrogen-bond donors (Lipinski definition) is 3. The van der Waals surface area contributed by atoms with Gasteiger partial charge in [0.05, 0.1) is 18.7 Å². The number of anilines is 1. The Hall–Kier alpha value is -3.04. The average molecular weight is 476 g/mol. The molecule has 2 aromatic carbocycles. The summed E-state index contributed by atoms with van der Waals surface area (Å²) in [6.45, 7) is 4.30. The van der Waals surface area contributed by atoms with Crippen LogP contribution >= 0.6 is 23.8 Å². The predicted octanol–water partition coefficient (Wildman–Crippen LogP) is 4.62. The summed E-state index contributed by atoms with van der Waals surface area (Å²) in [6, 6.07) is 11.1. The van der Waals surface area contributed by atoms with E-state index < -0.39 is 0 Å². The molecule has 3 N–H and O–H groups in total. The average Bonchev–Trinajstić information content (AvgIpc) is 3.12. The van der Waals surface area contributed by atoms with Gasteiger partial charge in [-0.2, -0.15) is 5.10 Å². The Balaban J connectivity index is 1.65. The summed E-state index contributed by atoms with van der Waals surface area (Å²) >= 11 is 11.7. The van der Waals surface area contributed by atoms with E-state index in [1.807, 2.05) is 31.2 Å². The standard InChI is InChI=1S/C22H26ClN5O3S/c1-4-5-19-26-27-22(32)28(19)24-12-15-10-17(23)21(18(11-15)30-3)31-13-20(29)25-16-8-6-14(2)7-9-16/h6-11,24H,4-5,12-13H2,1-3H3,(H,25,29)(H,27,32). The highest BCUT2D eigenvalue weighted by Crippen LogP contribution is 2.36. The van der Waals surface area contributed by atoms with Crippen molar-refractivity contribution in [3.05, 3.63) is 63.1 Å². The van der Waals surface area contributed by atoms with Gasteiger partial charge >= 0.3 is 0 Å². The Kier molecular flexibility index (Phi) is 8.13. The quantitative estimate of drug-likeness (QED) is 0.370. The van der Waals surface area contributed by atoms with Crippen molar-refractivity contribution < 1.29 is 14.3 Å². The second-order valence-electron chi connectivity index (χ2n) is 7.18. The number of carbonyl (C=O) groups is 1. The Morgan fingerprint density at radius 1 is 1.28 bits per heavy atom. The third-order valence-corrected chi connectivity index (χ3v) is 5.18. The number of ether oxygens (including phenoxy) is 2. The molecule has 8 nitrogen and oxygen atoms in total. The van der Waals surface area contributed by atoms with Crippen LogP contribution in [0.2, 0.25) is 5.02 Å². The molecule has 0 aliphatic carbocycles. The number of methoxy groups -OCH3 is 1. The molecular weight excluding hydrogens is 450 g/mol. The van der Waals surface area contributed by atoms with E-state index >= 15 is 0 Å². The van der Waals surface area contributed by atoms with Gasteiger partial charge in [-0.1, -0.05) is 36.2 Å². The summed E-state index contributed by atoms with van der Waals surface area (Å²) in [6.07, 6.45) is 1.74. The number of rotatable bonds is 10. The number of amides is 1. The van der Waals surface area contributed by atoms with Gasteiger partial charge in [0, 0.05) is 12.1 Å². The van der Waals surface area contributed by atoms with E-state index in [9.17, 15) is 4.79 Å². The lowest BCUT2D eigenvalue weighted by molar-refractivity contribution is -0.118. The van der Waals surface area contributed by atoms with E-state index in [1.165, 1.54) is 7.11 Å². The maximum atomic E-state index is 12.2. The zero-order chi connectivity index (χ0) is 23.1. The Labute approximate surface area is 196 Å². The van der Waals surface area contributed by atoms with Gasteiger partial charge in [-0.3, -0.25) is 9.89 Å². The number of aromatic amines is 1. The number of H-pyrrole nitrogens is 1. The Morgan fingerprint density at radius 2 is 2.03 bits per heavy atom. The minimum Gasteiger partial charge on any atom is -0.493 e. The molecule has 0 radical (unpaired) electrons. The third-order valence-electron chi connectivity index (χ3n) is 4.63. The molecular formula is C22H26ClN5O3S. The van der Waals surface area contributed by atoms with Gasteiger partial charge in [0.2, 0.25) is 4.77 Å². The van der Waals surface area contributed by atoms with E-state index in [4.69, 9.17) is 33.3 Å². The summed E-state index contributed by atoms with van der Waals surface area (Å²) in [5, 5.41) is 10.2. The van der Waals surface area contributed by atoms with Crippen molar-refractivity contribution in [2.24, 2.45) is 0 Å². The van der Waals surface area contributed by atoms with E-state index in [0.29, 0.717) is 33.5 Å². The highest BCUT2D eigenvalue weighted by atomic mass is 35.5. The van der Waals surface area contributed by atoms with Crippen LogP contribution in [0.3, 0.4) is 0 Å². The number of benzene rings is 2. The number of hydrogen-bond acceptors (Lipinski definition) is 6. The molecule has 0 bridgehead atoms. The number of halogens is 1. The van der Waals surface area contributed by atoms with Crippen LogP contribution in [0.4, 0.5) is 5.69 Å². The molecule has 0 saturated heterocycles. The highest BCUT2D eigenvalue weighted by molar-refractivity contribution is 7.71. The van der Waals surface area contributed by atoms with Crippen LogP contribution in [0.5, 0.6) is 11.5 Å². The molecule has 3 rings (SSSR count). The number of aromatic nitrogens is 3. The maximum absolute atomic E-state index is 12.2. The van der Waals surface area contributed by atoms with Crippen LogP contribution in [0.1, 0.15) is 30.3 Å². The van der Waals surface area contributed by atoms with Crippen molar-refractivity contribution >= 4 is 35.4 Å². The lowest BCUT2D eigenvalue weighted by atomic mass is 10.2. The molecule has 0 aliphatic rings. The van der Waals surface area contributed by atoms with Gasteiger partial charge in [-0.05, 0) is 55.4 Å². The lowest BCUT2D eigenvalue weighted by Crippen LogP contribution is -2.20. The van der Waals surface area contributed by atoms with Gasteiger partial charge in [-0.15, -0.1) is 0 Å². The van der Waals surface area contributed by atoms with Crippen LogP contribution in [-0.2, 0) is 17.8 Å². The minimum absolute atomic E-state index is 0.202. The topological polar surface area (TPSA) is 93.2 Å². The summed E-state index contributed by atoms with van der Waals surface area (Å²) in [5.41, 5.74) is 5.91. The third kappa shape index (κ3) is 6.02. The molecule has 0 saturated carbocycles. The zero-order valence-electron chi connectivity index (χ0n) is 18.2. The first-order chi connectivity index (χ1) is 15.4. The van der Waals surface area contributed by atoms with Crippen molar-refractivity contribution in [2.45, 2.75) is 33.2 Å². The van der Waals surface area contributed by atoms with Crippen molar-refractivity contribution in [3.8, 4) is 11.5 Å². The first kappa shape index (κ1) is 23.6. The fraction of sp³-hybridized carbons (Fsp3) is 0.318. The second-order valence-corrected chi connectivity index (χ2v) is 7.97. The molecule has 1 heterocycles. The number of aryl methyl sites for hydroxylation is 2. The molecule has 1 aromatic heterocycles. The number of nitrogens with one attached hydrogen (secondary N) is 3. The van der Waals surface area contributed by atoms with Gasteiger partial charge in [-0.25, -0.2) is 4.68 Å². The number of nitrogens with zero attached hydrogens (tertiary/aromatic N) is 2. The Bertz CT molecular complexity index is 1130. The van der Waals surface area contributed by atoms with Crippen molar-refractivity contribution in [1.29, 1.82) is 0 Å². The molecule has 1 amide bonds. The van der Waals surface area contributed by atoms with Crippen molar-refractivity contribution in [1.82, 2.24) is 14.9 Å². The Morgan fingerprint density at radius 3 is 2.72 bits per heavy atom. The molecule has 0 atom stereocenters. The summed E-state index contributed by atoms with van der Waals surface area (Å²) in [4.78, 5) is 12.2. The van der Waals surface area contributed by atoms with Gasteiger partial charge < -0.3 is 20.2 Å². The zero-order valence-corrected chi connectivity index (χ0v) is 19.8. The van der Waals surface area contributed by atoms with Crippen LogP contribution in [-0.4, -0.2) is 34.5 Å². The molecule has 0 unspecified atom stereocenters. The number of carbonyl (C=O) groups excluding carboxylic acids is 1. The molecule has 3 aromatic rings. The van der Waals surface area contributed by atoms with Crippen molar-refractivity contribution in [2.75, 3.05) is 24.5 Å². The molecule has 10 heteroatoms. The van der Waals surface area contributed by atoms with E-state index in [-0.39, 0.29) is 12.5 Å². The highest BCUT2D eigenvalue weighted by Gasteiger charge is 2.15. The molecule has 32 heavy (non-hydrogen) atoms. The second kappa shape index (κ2) is 11.0. The molecule has 0 spiro atoms. The fourth-order valence-corrected chi connectivity index (χ4v) is 3.54. The van der Waals surface area contributed by atoms with Gasteiger partial charge in [0.25, 0.3) is 5.91 Å². The first-order valence-corrected chi connectivity index (χ1v) is 11.0. The summed E-state index contributed by atoms with van der Waals surface area (Å²) < 4.78 is 13.3. The van der Waals surface area contributed by atoms with E-state index in [1.54, 1.807) is 16.8 Å². The maximum Gasteiger partial charge on any atom is 0.262 e. The molecule has 0 aliphatic heterocycles. The summed E-state index contributed by atoms with van der Waals surface area (Å²) in [5.74, 6) is 1.27. The van der Waals surface area contributed by atoms with Crippen molar-refractivity contribution in [3.63, 3.8) is 0 Å². The van der Waals surface area contributed by atoms with Gasteiger partial charge in [0.1, 0.15) is 0 Å². The predicted molar refractivity (Wildman–Crippen MR) is 128 cm³/mol. The largest absolute Gasteiger partial charge is 0.493 e. The SMILES string of the molecule is CCCc1n[nH]c(=S)n1NCc1cc(Cl)c(OCC(=O)Nc2ccc(C)cc2)c(OC)c1. The first-order valence-electron chi connectivity index (χ1n) is 10.2.